The molecule has 6 amide bonds. The molecule has 56 heavy (non-hydrogen) atoms. The Morgan fingerprint density at radius 2 is 0.964 bits per heavy atom. The van der Waals surface area contributed by atoms with Crippen LogP contribution >= 0.6 is 0 Å². The number of alkyl carbamates (subject to hydrolysis) is 4. The molecule has 0 atom stereocenters. The molecule has 18 heteroatoms. The van der Waals surface area contributed by atoms with Crippen LogP contribution in [0.15, 0.2) is 4.99 Å². The van der Waals surface area contributed by atoms with E-state index >= 15 is 0 Å². The fourth-order valence-electron chi connectivity index (χ4n) is 4.34. The number of nitrogens with one attached hydrogen (secondary N) is 4. The minimum Gasteiger partial charge on any atom is -0.444 e. The molecule has 0 aliphatic heterocycles. The monoisotopic (exact) mass is 802 g/mol. The first-order valence-corrected chi connectivity index (χ1v) is 19.3. The van der Waals surface area contributed by atoms with Gasteiger partial charge < -0.3 is 44.1 Å². The van der Waals surface area contributed by atoms with E-state index in [9.17, 15) is 28.8 Å². The summed E-state index contributed by atoms with van der Waals surface area (Å²) < 4.78 is 26.3. The highest BCUT2D eigenvalue weighted by Gasteiger charge is 2.23. The summed E-state index contributed by atoms with van der Waals surface area (Å²) in [5.74, 6) is -0.420. The third-order valence-corrected chi connectivity index (χ3v) is 6.71. The van der Waals surface area contributed by atoms with Gasteiger partial charge in [-0.1, -0.05) is 12.8 Å². The Bertz CT molecular complexity index is 1250. The van der Waals surface area contributed by atoms with Gasteiger partial charge in [0.05, 0.1) is 0 Å². The van der Waals surface area contributed by atoms with Crippen molar-refractivity contribution in [2.75, 3.05) is 52.9 Å². The van der Waals surface area contributed by atoms with Gasteiger partial charge in [-0.3, -0.25) is 20.4 Å². The average Bonchev–Trinajstić information content (AvgIpc) is 3.00. The topological polar surface area (TPSA) is 216 Å². The smallest absolute Gasteiger partial charge is 0.414 e. The second-order valence-electron chi connectivity index (χ2n) is 17.2. The third-order valence-electron chi connectivity index (χ3n) is 6.71. The van der Waals surface area contributed by atoms with Crippen LogP contribution in [-0.2, 0) is 28.5 Å². The molecule has 0 unspecified atom stereocenters. The minimum atomic E-state index is -0.763. The van der Waals surface area contributed by atoms with Gasteiger partial charge in [-0.15, -0.1) is 0 Å². The molecule has 0 aliphatic carbocycles. The quantitative estimate of drug-likeness (QED) is 0.0540. The second-order valence-corrected chi connectivity index (χ2v) is 17.2. The Hall–Kier alpha value is -4.51. The van der Waals surface area contributed by atoms with Crippen molar-refractivity contribution in [3.63, 3.8) is 0 Å². The summed E-state index contributed by atoms with van der Waals surface area (Å²) in [6.07, 6.45) is 1.30. The summed E-state index contributed by atoms with van der Waals surface area (Å²) in [6, 6.07) is 0. The van der Waals surface area contributed by atoms with Gasteiger partial charge in [-0.2, -0.15) is 0 Å². The van der Waals surface area contributed by atoms with Crippen LogP contribution in [0.1, 0.15) is 128 Å². The number of ether oxygens (including phenoxy) is 5. The van der Waals surface area contributed by atoms with Gasteiger partial charge in [-0.05, 0) is 115 Å². The number of hydrogen-bond donors (Lipinski definition) is 4. The van der Waals surface area contributed by atoms with E-state index in [1.807, 2.05) is 0 Å². The van der Waals surface area contributed by atoms with Gasteiger partial charge in [-0.25, -0.2) is 24.0 Å². The van der Waals surface area contributed by atoms with Gasteiger partial charge in [0.2, 0.25) is 5.96 Å². The molecule has 0 aromatic carbocycles. The first kappa shape index (κ1) is 51.5. The van der Waals surface area contributed by atoms with Crippen LogP contribution in [0.25, 0.3) is 0 Å². The highest BCUT2D eigenvalue weighted by atomic mass is 16.6. The average molecular weight is 802 g/mol. The summed E-state index contributed by atoms with van der Waals surface area (Å²) in [5.41, 5.74) is -2.75. The summed E-state index contributed by atoms with van der Waals surface area (Å²) in [4.78, 5) is 81.2. The lowest BCUT2D eigenvalue weighted by Crippen LogP contribution is -2.47. The number of amides is 6. The molecule has 0 spiro atoms. The van der Waals surface area contributed by atoms with Crippen molar-refractivity contribution in [1.82, 2.24) is 31.1 Å². The van der Waals surface area contributed by atoms with Crippen molar-refractivity contribution in [2.24, 2.45) is 4.99 Å². The maximum absolute atomic E-state index is 12.8. The molecule has 0 heterocycles. The highest BCUT2D eigenvalue weighted by Crippen LogP contribution is 2.12. The van der Waals surface area contributed by atoms with E-state index < -0.39 is 59.5 Å². The molecule has 324 valence electrons. The molecule has 0 aliphatic rings. The van der Waals surface area contributed by atoms with Crippen molar-refractivity contribution in [3.05, 3.63) is 0 Å². The standard InChI is InChI=1S/C38H71N7O11/c1-35(2,3)53-31(48)41-23-20-26-45(34(51)56-38(10,11)12)25-19-17-22-40-30(47)52-27-28(46)44(13)24-18-15-14-16-21-39-29(42-32(49)54-36(4,5)6)43-33(50)55-37(7,8)9/h14-27H2,1-13H3,(H,40,47)(H,41,48)(H2,39,42,43,49,50). The lowest BCUT2D eigenvalue weighted by atomic mass is 10.2. The van der Waals surface area contributed by atoms with E-state index in [1.54, 1.807) is 95.0 Å². The number of hydrogen-bond acceptors (Lipinski definition) is 12. The number of carbonyl (C=O) groups excluding carboxylic acids is 6. The highest BCUT2D eigenvalue weighted by molar-refractivity contribution is 6.01. The Morgan fingerprint density at radius 1 is 0.518 bits per heavy atom. The van der Waals surface area contributed by atoms with Crippen LogP contribution in [-0.4, -0.2) is 127 Å². The molecule has 18 nitrogen and oxygen atoms in total. The summed E-state index contributed by atoms with van der Waals surface area (Å²) in [6.45, 7) is 22.7. The number of guanidine groups is 1. The molecule has 0 aromatic rings. The van der Waals surface area contributed by atoms with E-state index in [-0.39, 0.29) is 18.4 Å². The van der Waals surface area contributed by atoms with Crippen molar-refractivity contribution >= 4 is 42.3 Å². The maximum Gasteiger partial charge on any atom is 0.414 e. The predicted octanol–water partition coefficient (Wildman–Crippen LogP) is 6.07. The van der Waals surface area contributed by atoms with Crippen LogP contribution < -0.4 is 21.3 Å². The van der Waals surface area contributed by atoms with E-state index in [4.69, 9.17) is 23.7 Å². The number of rotatable bonds is 18. The zero-order valence-electron chi connectivity index (χ0n) is 36.2. The molecule has 0 radical (unpaired) electrons. The summed E-state index contributed by atoms with van der Waals surface area (Å²) >= 11 is 0. The largest absolute Gasteiger partial charge is 0.444 e. The van der Waals surface area contributed by atoms with Crippen molar-refractivity contribution in [3.8, 4) is 0 Å². The van der Waals surface area contributed by atoms with Crippen LogP contribution in [0.5, 0.6) is 0 Å². The van der Waals surface area contributed by atoms with Gasteiger partial charge in [0.25, 0.3) is 5.91 Å². The Labute approximate surface area is 333 Å². The Morgan fingerprint density at radius 3 is 1.50 bits per heavy atom. The molecule has 0 saturated heterocycles. The first-order valence-electron chi connectivity index (χ1n) is 19.3. The lowest BCUT2D eigenvalue weighted by molar-refractivity contribution is -0.133. The summed E-state index contributed by atoms with van der Waals surface area (Å²) in [5, 5.41) is 10.2. The molecule has 0 fully saturated rings. The fourth-order valence-corrected chi connectivity index (χ4v) is 4.34. The van der Waals surface area contributed by atoms with E-state index in [1.165, 1.54) is 4.90 Å². The van der Waals surface area contributed by atoms with E-state index in [0.29, 0.717) is 64.8 Å². The van der Waals surface area contributed by atoms with Crippen LogP contribution in [0.2, 0.25) is 0 Å². The molecule has 0 saturated carbocycles. The number of aliphatic imine (C=N–C) groups is 1. The number of unbranched alkanes of at least 4 members (excludes halogenated alkanes) is 4. The zero-order chi connectivity index (χ0) is 43.2. The predicted molar refractivity (Wildman–Crippen MR) is 212 cm³/mol. The Kier molecular flexibility index (Phi) is 22.9. The van der Waals surface area contributed by atoms with Gasteiger partial charge >= 0.3 is 30.5 Å². The number of likely N-dealkylation sites (N-methyl/N-ethyl adjacent to an activating group) is 1. The maximum atomic E-state index is 12.8. The van der Waals surface area contributed by atoms with Gasteiger partial charge in [0.1, 0.15) is 22.4 Å². The Balaban J connectivity index is 4.54. The minimum absolute atomic E-state index is 0.0779. The summed E-state index contributed by atoms with van der Waals surface area (Å²) in [7, 11) is 1.63. The van der Waals surface area contributed by atoms with Crippen molar-refractivity contribution < 1.29 is 52.5 Å². The van der Waals surface area contributed by atoms with Crippen LogP contribution in [0.4, 0.5) is 24.0 Å². The van der Waals surface area contributed by atoms with Crippen LogP contribution in [0, 0.1) is 0 Å². The number of nitrogens with zero attached hydrogens (tertiary/aromatic N) is 3. The third kappa shape index (κ3) is 30.8. The van der Waals surface area contributed by atoms with Gasteiger partial charge in [0.15, 0.2) is 6.61 Å². The molecule has 0 aromatic heterocycles. The second kappa shape index (κ2) is 24.9. The molecular weight excluding hydrogens is 730 g/mol. The zero-order valence-corrected chi connectivity index (χ0v) is 36.2. The normalized spacial score (nSPS) is 11.7. The first-order chi connectivity index (χ1) is 25.7. The van der Waals surface area contributed by atoms with E-state index in [0.717, 1.165) is 12.8 Å². The molecule has 0 bridgehead atoms. The SMILES string of the molecule is CN(CCCCCCN=C(NC(=O)OC(C)(C)C)NC(=O)OC(C)(C)C)C(=O)COC(=O)NCCCCN(CCCNC(=O)OC(C)(C)C)C(=O)OC(C)(C)C. The van der Waals surface area contributed by atoms with Crippen molar-refractivity contribution in [2.45, 2.75) is 150 Å². The fraction of sp³-hybridized carbons (Fsp3) is 0.816. The lowest BCUT2D eigenvalue weighted by Gasteiger charge is -2.27. The van der Waals surface area contributed by atoms with E-state index in [2.05, 4.69) is 26.3 Å². The van der Waals surface area contributed by atoms with Crippen LogP contribution in [0.3, 0.4) is 0 Å². The van der Waals surface area contributed by atoms with Gasteiger partial charge in [0, 0.05) is 46.3 Å². The molecular formula is C38H71N7O11. The molecule has 0 rings (SSSR count). The molecule has 4 N–H and O–H groups in total. The number of carbonyl (C=O) groups is 6. The van der Waals surface area contributed by atoms with Crippen molar-refractivity contribution in [1.29, 1.82) is 0 Å².